The van der Waals surface area contributed by atoms with Gasteiger partial charge in [-0.25, -0.2) is 0 Å². The minimum Gasteiger partial charge on any atom is -0.0654 e. The third-order valence-corrected chi connectivity index (χ3v) is 3.25. The van der Waals surface area contributed by atoms with E-state index in [1.54, 1.807) is 0 Å². The Balaban J connectivity index is 2.50. The van der Waals surface area contributed by atoms with Crippen molar-refractivity contribution in [3.05, 3.63) is 55.0 Å². The molecule has 1 unspecified atom stereocenters. The van der Waals surface area contributed by atoms with Gasteiger partial charge in [0.15, 0.2) is 0 Å². The molecule has 0 fully saturated rings. The summed E-state index contributed by atoms with van der Waals surface area (Å²) in [4.78, 5) is 0. The molecule has 1 atom stereocenters. The summed E-state index contributed by atoms with van der Waals surface area (Å²) >= 11 is 0. The molecule has 0 bridgehead atoms. The van der Waals surface area contributed by atoms with Crippen LogP contribution < -0.4 is 0 Å². The number of hydrogen-bond acceptors (Lipinski definition) is 0. The van der Waals surface area contributed by atoms with Crippen molar-refractivity contribution in [3.8, 4) is 0 Å². The molecule has 0 aromatic heterocycles. The molecule has 83 valence electrons. The summed E-state index contributed by atoms with van der Waals surface area (Å²) < 4.78 is 0. The van der Waals surface area contributed by atoms with Gasteiger partial charge in [0.2, 0.25) is 0 Å². The molecule has 0 heteroatoms. The standard InChI is InChI=1S/C16H19/c1-3-8-13(4-2)15-12-7-10-14-9-5-6-11-16(14)15/h5-7,9-13H,2-4,8H2,1H3. The summed E-state index contributed by atoms with van der Waals surface area (Å²) in [7, 11) is 0. The van der Waals surface area contributed by atoms with E-state index >= 15 is 0 Å². The maximum absolute atomic E-state index is 4.09. The van der Waals surface area contributed by atoms with E-state index in [0.29, 0.717) is 5.92 Å². The third-order valence-electron chi connectivity index (χ3n) is 3.25. The molecule has 1 radical (unpaired) electrons. The molecule has 0 heterocycles. The van der Waals surface area contributed by atoms with E-state index in [2.05, 4.69) is 56.3 Å². The van der Waals surface area contributed by atoms with Gasteiger partial charge in [-0.1, -0.05) is 62.7 Å². The highest BCUT2D eigenvalue weighted by atomic mass is 14.1. The Morgan fingerprint density at radius 1 is 1.06 bits per heavy atom. The van der Waals surface area contributed by atoms with E-state index in [9.17, 15) is 0 Å². The topological polar surface area (TPSA) is 0 Å². The second kappa shape index (κ2) is 5.16. The Kier molecular flexibility index (Phi) is 3.61. The molecule has 0 saturated heterocycles. The number of fused-ring (bicyclic) bond motifs is 1. The molecule has 0 aliphatic rings. The lowest BCUT2D eigenvalue weighted by Gasteiger charge is -2.16. The van der Waals surface area contributed by atoms with Gasteiger partial charge < -0.3 is 0 Å². The molecular weight excluding hydrogens is 192 g/mol. The van der Waals surface area contributed by atoms with E-state index in [1.807, 2.05) is 0 Å². The summed E-state index contributed by atoms with van der Waals surface area (Å²) in [6.07, 6.45) is 3.45. The minimum absolute atomic E-state index is 0.607. The zero-order valence-corrected chi connectivity index (χ0v) is 9.95. The summed E-state index contributed by atoms with van der Waals surface area (Å²) in [6.45, 7) is 6.33. The number of rotatable bonds is 4. The molecule has 0 aliphatic carbocycles. The average molecular weight is 211 g/mol. The summed E-state index contributed by atoms with van der Waals surface area (Å²) in [5.74, 6) is 0.607. The fraction of sp³-hybridized carbons (Fsp3) is 0.312. The molecule has 0 saturated carbocycles. The van der Waals surface area contributed by atoms with Gasteiger partial charge >= 0.3 is 0 Å². The highest BCUT2D eigenvalue weighted by Crippen LogP contribution is 2.30. The van der Waals surface area contributed by atoms with Gasteiger partial charge in [-0.2, -0.15) is 0 Å². The van der Waals surface area contributed by atoms with Gasteiger partial charge in [0.1, 0.15) is 0 Å². The van der Waals surface area contributed by atoms with Crippen molar-refractivity contribution in [1.29, 1.82) is 0 Å². The van der Waals surface area contributed by atoms with E-state index in [-0.39, 0.29) is 0 Å². The van der Waals surface area contributed by atoms with Crippen molar-refractivity contribution in [3.63, 3.8) is 0 Å². The van der Waals surface area contributed by atoms with Crippen LogP contribution in [0.25, 0.3) is 10.8 Å². The van der Waals surface area contributed by atoms with Gasteiger partial charge in [-0.05, 0) is 35.1 Å². The van der Waals surface area contributed by atoms with Gasteiger partial charge in [0, 0.05) is 0 Å². The first-order valence-corrected chi connectivity index (χ1v) is 6.13. The van der Waals surface area contributed by atoms with Crippen LogP contribution in [0.15, 0.2) is 42.5 Å². The molecule has 2 aromatic carbocycles. The SMILES string of the molecule is [CH2]CC(CCC)c1cccc2ccccc12. The van der Waals surface area contributed by atoms with Crippen LogP contribution in [0.3, 0.4) is 0 Å². The lowest BCUT2D eigenvalue weighted by Crippen LogP contribution is -1.97. The second-order valence-corrected chi connectivity index (χ2v) is 4.34. The highest BCUT2D eigenvalue weighted by molar-refractivity contribution is 5.86. The van der Waals surface area contributed by atoms with E-state index < -0.39 is 0 Å². The fourth-order valence-electron chi connectivity index (χ4n) is 2.41. The summed E-state index contributed by atoms with van der Waals surface area (Å²) in [5, 5.41) is 2.74. The second-order valence-electron chi connectivity index (χ2n) is 4.34. The zero-order valence-electron chi connectivity index (χ0n) is 9.95. The van der Waals surface area contributed by atoms with Crippen LogP contribution in [0.2, 0.25) is 0 Å². The minimum atomic E-state index is 0.607. The first-order chi connectivity index (χ1) is 7.86. The van der Waals surface area contributed by atoms with Gasteiger partial charge in [0.25, 0.3) is 0 Å². The molecule has 0 nitrogen and oxygen atoms in total. The maximum Gasteiger partial charge on any atom is -0.0149 e. The molecule has 2 rings (SSSR count). The molecule has 0 N–H and O–H groups in total. The molecule has 0 aliphatic heterocycles. The van der Waals surface area contributed by atoms with E-state index in [4.69, 9.17) is 0 Å². The Labute approximate surface area is 98.3 Å². The average Bonchev–Trinajstić information content (AvgIpc) is 2.35. The largest absolute Gasteiger partial charge is 0.0654 e. The molecule has 0 amide bonds. The smallest absolute Gasteiger partial charge is 0.0149 e. The van der Waals surface area contributed by atoms with Crippen molar-refractivity contribution >= 4 is 10.8 Å². The first-order valence-electron chi connectivity index (χ1n) is 6.13. The van der Waals surface area contributed by atoms with Crippen molar-refractivity contribution in [2.75, 3.05) is 0 Å². The van der Waals surface area contributed by atoms with Gasteiger partial charge in [-0.15, -0.1) is 0 Å². The molecule has 16 heavy (non-hydrogen) atoms. The lowest BCUT2D eigenvalue weighted by atomic mass is 9.88. The van der Waals surface area contributed by atoms with Crippen LogP contribution in [0.1, 0.15) is 37.7 Å². The Morgan fingerprint density at radius 2 is 1.81 bits per heavy atom. The van der Waals surface area contributed by atoms with Crippen LogP contribution in [0.4, 0.5) is 0 Å². The van der Waals surface area contributed by atoms with Gasteiger partial charge in [-0.3, -0.25) is 0 Å². The monoisotopic (exact) mass is 211 g/mol. The van der Waals surface area contributed by atoms with Crippen LogP contribution in [0.5, 0.6) is 0 Å². The molecular formula is C16H19. The van der Waals surface area contributed by atoms with Crippen LogP contribution in [-0.4, -0.2) is 0 Å². The number of benzene rings is 2. The maximum atomic E-state index is 4.09. The van der Waals surface area contributed by atoms with E-state index in [1.165, 1.54) is 29.2 Å². The van der Waals surface area contributed by atoms with E-state index in [0.717, 1.165) is 6.42 Å². The Hall–Kier alpha value is -1.30. The molecule has 0 spiro atoms. The first kappa shape index (κ1) is 11.2. The van der Waals surface area contributed by atoms with Crippen LogP contribution in [-0.2, 0) is 0 Å². The third kappa shape index (κ3) is 2.11. The van der Waals surface area contributed by atoms with Crippen LogP contribution >= 0.6 is 0 Å². The predicted octanol–water partition coefficient (Wildman–Crippen LogP) is 4.95. The zero-order chi connectivity index (χ0) is 11.4. The Morgan fingerprint density at radius 3 is 2.56 bits per heavy atom. The van der Waals surface area contributed by atoms with Crippen molar-refractivity contribution in [2.24, 2.45) is 0 Å². The van der Waals surface area contributed by atoms with Gasteiger partial charge in [0.05, 0.1) is 0 Å². The predicted molar refractivity (Wildman–Crippen MR) is 71.6 cm³/mol. The van der Waals surface area contributed by atoms with Crippen molar-refractivity contribution < 1.29 is 0 Å². The normalized spacial score (nSPS) is 12.9. The summed E-state index contributed by atoms with van der Waals surface area (Å²) in [5.41, 5.74) is 1.47. The Bertz CT molecular complexity index is 451. The van der Waals surface area contributed by atoms with Crippen molar-refractivity contribution in [1.82, 2.24) is 0 Å². The van der Waals surface area contributed by atoms with Crippen molar-refractivity contribution in [2.45, 2.75) is 32.1 Å². The fourth-order valence-corrected chi connectivity index (χ4v) is 2.41. The lowest BCUT2D eigenvalue weighted by molar-refractivity contribution is 0.623. The number of hydrogen-bond donors (Lipinski definition) is 0. The summed E-state index contributed by atoms with van der Waals surface area (Å²) in [6, 6.07) is 15.2. The highest BCUT2D eigenvalue weighted by Gasteiger charge is 2.10. The van der Waals surface area contributed by atoms with Crippen LogP contribution in [0, 0.1) is 6.92 Å². The quantitative estimate of drug-likeness (QED) is 0.671. The molecule has 2 aromatic rings.